The number of rotatable bonds is 19. The Balaban J connectivity index is 1.94. The topological polar surface area (TPSA) is 125 Å². The van der Waals surface area contributed by atoms with Crippen molar-refractivity contribution in [3.8, 4) is 0 Å². The molecule has 4 atom stereocenters. The number of imide groups is 1. The highest BCUT2D eigenvalue weighted by molar-refractivity contribution is 6.20. The van der Waals surface area contributed by atoms with Gasteiger partial charge in [0.05, 0.1) is 0 Å². The fraction of sp³-hybridized carbons (Fsp3) is 0.711. The molecular formula is C45H74N4O5. The summed E-state index contributed by atoms with van der Waals surface area (Å²) in [6, 6.07) is 6.16. The summed E-state index contributed by atoms with van der Waals surface area (Å²) in [5.74, 6) is -1.23. The van der Waals surface area contributed by atoms with Crippen molar-refractivity contribution < 1.29 is 24.0 Å². The van der Waals surface area contributed by atoms with Crippen molar-refractivity contribution in [2.75, 3.05) is 11.9 Å². The molecule has 1 heterocycles. The first-order valence-electron chi connectivity index (χ1n) is 20.4. The monoisotopic (exact) mass is 751 g/mol. The van der Waals surface area contributed by atoms with E-state index in [1.54, 1.807) is 6.92 Å². The standard InChI is InChI=1S/C45H74N4O5/c1-16-24-45(15,17-2)36-35(43(10,11)12)40(53)49(41(36)54)26-25-44(13,14)27-30(5)18-23-34(50)48-37(29(3)4)39(52)46-31(6)38(51)47-33-21-19-32(20-22-33)28-42(7,8)9/h19-22,29-31,37H,16-18,23-28H2,1-15H3,(H,46,52)(H,47,51)(H,48,50)/t30?,31-,37?,45?/m0/s1. The van der Waals surface area contributed by atoms with E-state index in [0.717, 1.165) is 32.1 Å². The van der Waals surface area contributed by atoms with E-state index in [9.17, 15) is 24.0 Å². The number of nitrogens with zero attached hydrogens (tertiary/aromatic N) is 1. The predicted molar refractivity (Wildman–Crippen MR) is 221 cm³/mol. The highest BCUT2D eigenvalue weighted by Crippen LogP contribution is 2.47. The van der Waals surface area contributed by atoms with Crippen molar-refractivity contribution in [2.24, 2.45) is 33.5 Å². The maximum Gasteiger partial charge on any atom is 0.257 e. The Kier molecular flexibility index (Phi) is 16.3. The molecule has 0 spiro atoms. The second kappa shape index (κ2) is 18.9. The molecule has 0 aliphatic carbocycles. The van der Waals surface area contributed by atoms with Gasteiger partial charge in [-0.3, -0.25) is 28.9 Å². The summed E-state index contributed by atoms with van der Waals surface area (Å²) in [5, 5.41) is 8.55. The number of anilines is 1. The van der Waals surface area contributed by atoms with E-state index in [0.29, 0.717) is 36.2 Å². The van der Waals surface area contributed by atoms with Crippen molar-refractivity contribution in [1.29, 1.82) is 0 Å². The van der Waals surface area contributed by atoms with Crippen LogP contribution in [0.3, 0.4) is 0 Å². The molecule has 0 fully saturated rings. The molecule has 2 rings (SSSR count). The van der Waals surface area contributed by atoms with Gasteiger partial charge in [0.25, 0.3) is 11.8 Å². The van der Waals surface area contributed by atoms with Crippen LogP contribution in [0, 0.1) is 33.5 Å². The predicted octanol–water partition coefficient (Wildman–Crippen LogP) is 9.01. The summed E-state index contributed by atoms with van der Waals surface area (Å²) in [6.45, 7) is 31.1. The van der Waals surface area contributed by atoms with Crippen LogP contribution in [0.1, 0.15) is 154 Å². The zero-order valence-electron chi connectivity index (χ0n) is 36.5. The van der Waals surface area contributed by atoms with Gasteiger partial charge in [-0.25, -0.2) is 0 Å². The van der Waals surface area contributed by atoms with Crippen molar-refractivity contribution in [3.63, 3.8) is 0 Å². The molecule has 3 unspecified atom stereocenters. The first kappa shape index (κ1) is 46.7. The largest absolute Gasteiger partial charge is 0.344 e. The first-order valence-corrected chi connectivity index (χ1v) is 20.4. The Hall–Kier alpha value is -3.49. The minimum absolute atomic E-state index is 0.136. The molecule has 54 heavy (non-hydrogen) atoms. The van der Waals surface area contributed by atoms with Crippen LogP contribution in [0.25, 0.3) is 0 Å². The minimum atomic E-state index is -0.798. The maximum absolute atomic E-state index is 13.9. The van der Waals surface area contributed by atoms with Crippen LogP contribution in [0.2, 0.25) is 0 Å². The Morgan fingerprint density at radius 2 is 1.33 bits per heavy atom. The van der Waals surface area contributed by atoms with Gasteiger partial charge in [0.15, 0.2) is 0 Å². The van der Waals surface area contributed by atoms with Crippen LogP contribution in [-0.2, 0) is 30.4 Å². The quantitative estimate of drug-likeness (QED) is 0.122. The Morgan fingerprint density at radius 3 is 1.83 bits per heavy atom. The van der Waals surface area contributed by atoms with Crippen LogP contribution in [0.4, 0.5) is 5.69 Å². The third kappa shape index (κ3) is 13.4. The SMILES string of the molecule is CCCC(C)(CC)C1=C(C(C)(C)C)C(=O)N(CCC(C)(C)CC(C)CCC(=O)NC(C(=O)N[C@@H](C)C(=O)Nc2ccc(CC(C)(C)C)cc2)C(C)C)C1=O. The van der Waals surface area contributed by atoms with E-state index in [-0.39, 0.29) is 58.1 Å². The van der Waals surface area contributed by atoms with Crippen molar-refractivity contribution in [3.05, 3.63) is 41.0 Å². The molecule has 5 amide bonds. The number of carbonyl (C=O) groups excluding carboxylic acids is 5. The first-order chi connectivity index (χ1) is 24.7. The number of carbonyl (C=O) groups is 5. The third-order valence-electron chi connectivity index (χ3n) is 10.9. The summed E-state index contributed by atoms with van der Waals surface area (Å²) in [7, 11) is 0. The molecule has 0 bridgehead atoms. The van der Waals surface area contributed by atoms with Gasteiger partial charge in [-0.1, -0.05) is 115 Å². The summed E-state index contributed by atoms with van der Waals surface area (Å²) in [6.07, 6.45) is 5.87. The van der Waals surface area contributed by atoms with Crippen LogP contribution >= 0.6 is 0 Å². The average molecular weight is 751 g/mol. The van der Waals surface area contributed by atoms with Crippen molar-refractivity contribution in [2.45, 2.75) is 167 Å². The van der Waals surface area contributed by atoms with Gasteiger partial charge in [-0.2, -0.15) is 0 Å². The van der Waals surface area contributed by atoms with Gasteiger partial charge >= 0.3 is 0 Å². The molecule has 3 N–H and O–H groups in total. The summed E-state index contributed by atoms with van der Waals surface area (Å²) in [4.78, 5) is 68.5. The van der Waals surface area contributed by atoms with Crippen LogP contribution in [-0.4, -0.2) is 53.1 Å². The summed E-state index contributed by atoms with van der Waals surface area (Å²) in [5.41, 5.74) is 2.41. The zero-order chi connectivity index (χ0) is 41.4. The fourth-order valence-corrected chi connectivity index (χ4v) is 7.72. The van der Waals surface area contributed by atoms with Crippen LogP contribution in [0.5, 0.6) is 0 Å². The Bertz CT molecular complexity index is 1510. The van der Waals surface area contributed by atoms with E-state index < -0.39 is 23.4 Å². The lowest BCUT2D eigenvalue weighted by molar-refractivity contribution is -0.138. The average Bonchev–Trinajstić information content (AvgIpc) is 3.31. The van der Waals surface area contributed by atoms with E-state index in [1.165, 1.54) is 10.5 Å². The van der Waals surface area contributed by atoms with Gasteiger partial charge in [0.2, 0.25) is 17.7 Å². The van der Waals surface area contributed by atoms with Gasteiger partial charge < -0.3 is 16.0 Å². The van der Waals surface area contributed by atoms with Crippen molar-refractivity contribution >= 4 is 35.2 Å². The molecule has 9 heteroatoms. The third-order valence-corrected chi connectivity index (χ3v) is 10.9. The highest BCUT2D eigenvalue weighted by atomic mass is 16.2. The van der Waals surface area contributed by atoms with Gasteiger partial charge in [0.1, 0.15) is 12.1 Å². The second-order valence-electron chi connectivity index (χ2n) is 19.6. The Morgan fingerprint density at radius 1 is 0.759 bits per heavy atom. The van der Waals surface area contributed by atoms with Crippen LogP contribution in [0.15, 0.2) is 35.4 Å². The molecule has 1 aromatic rings. The minimum Gasteiger partial charge on any atom is -0.344 e. The molecule has 0 radical (unpaired) electrons. The molecule has 304 valence electrons. The highest BCUT2D eigenvalue weighted by Gasteiger charge is 2.48. The molecule has 1 aliphatic rings. The lowest BCUT2D eigenvalue weighted by Crippen LogP contribution is -2.53. The van der Waals surface area contributed by atoms with E-state index in [1.807, 2.05) is 58.9 Å². The number of hydrogen-bond donors (Lipinski definition) is 3. The molecule has 0 saturated heterocycles. The smallest absolute Gasteiger partial charge is 0.257 e. The van der Waals surface area contributed by atoms with Gasteiger partial charge in [0, 0.05) is 29.8 Å². The van der Waals surface area contributed by atoms with E-state index in [2.05, 4.69) is 78.3 Å². The molecule has 1 aliphatic heterocycles. The van der Waals surface area contributed by atoms with Gasteiger partial charge in [-0.15, -0.1) is 0 Å². The number of nitrogens with one attached hydrogen (secondary N) is 3. The van der Waals surface area contributed by atoms with E-state index >= 15 is 0 Å². The second-order valence-corrected chi connectivity index (χ2v) is 19.6. The van der Waals surface area contributed by atoms with E-state index in [4.69, 9.17) is 0 Å². The summed E-state index contributed by atoms with van der Waals surface area (Å²) >= 11 is 0. The zero-order valence-corrected chi connectivity index (χ0v) is 36.5. The van der Waals surface area contributed by atoms with Crippen LogP contribution < -0.4 is 16.0 Å². The number of hydrogen-bond acceptors (Lipinski definition) is 5. The molecular weight excluding hydrogens is 677 g/mol. The normalized spacial score (nSPS) is 17.0. The lowest BCUT2D eigenvalue weighted by atomic mass is 9.70. The molecule has 1 aromatic carbocycles. The number of benzene rings is 1. The summed E-state index contributed by atoms with van der Waals surface area (Å²) < 4.78 is 0. The lowest BCUT2D eigenvalue weighted by Gasteiger charge is -2.32. The fourth-order valence-electron chi connectivity index (χ4n) is 7.72. The molecule has 0 aromatic heterocycles. The van der Waals surface area contributed by atoms with Crippen molar-refractivity contribution in [1.82, 2.24) is 15.5 Å². The molecule has 0 saturated carbocycles. The Labute approximate surface area is 327 Å². The molecule has 9 nitrogen and oxygen atoms in total. The number of amides is 5. The maximum atomic E-state index is 13.9. The van der Waals surface area contributed by atoms with Gasteiger partial charge in [-0.05, 0) is 96.6 Å².